The summed E-state index contributed by atoms with van der Waals surface area (Å²) in [4.78, 5) is 26.6. The van der Waals surface area contributed by atoms with Gasteiger partial charge in [-0.3, -0.25) is 9.59 Å². The number of rotatable bonds is 6. The van der Waals surface area contributed by atoms with E-state index in [-0.39, 0.29) is 24.3 Å². The standard InChI is InChI=1S/C18H28N4O3/c1-2-15-20-21-16(25-15)10-19-18(24)14-8-9-17(23)22(12-14)11-13-6-4-3-5-7-13/h13-14H,2-12H2,1H3,(H,19,24)/t14-/m1/s1. The maximum absolute atomic E-state index is 12.5. The first-order chi connectivity index (χ1) is 12.2. The zero-order chi connectivity index (χ0) is 17.6. The summed E-state index contributed by atoms with van der Waals surface area (Å²) in [6, 6.07) is 0. The van der Waals surface area contributed by atoms with Crippen LogP contribution in [0, 0.1) is 11.8 Å². The van der Waals surface area contributed by atoms with Crippen LogP contribution >= 0.6 is 0 Å². The van der Waals surface area contributed by atoms with Gasteiger partial charge in [-0.1, -0.05) is 26.2 Å². The fourth-order valence-corrected chi connectivity index (χ4v) is 3.80. The molecule has 1 N–H and O–H groups in total. The quantitative estimate of drug-likeness (QED) is 0.850. The first kappa shape index (κ1) is 17.9. The molecule has 1 aromatic rings. The fourth-order valence-electron chi connectivity index (χ4n) is 3.80. The lowest BCUT2D eigenvalue weighted by atomic mass is 9.87. The lowest BCUT2D eigenvalue weighted by Gasteiger charge is -2.35. The van der Waals surface area contributed by atoms with Crippen LogP contribution in [-0.2, 0) is 22.6 Å². The smallest absolute Gasteiger partial charge is 0.235 e. The molecule has 0 unspecified atom stereocenters. The second-order valence-corrected chi connectivity index (χ2v) is 7.20. The summed E-state index contributed by atoms with van der Waals surface area (Å²) < 4.78 is 5.41. The first-order valence-electron chi connectivity index (χ1n) is 9.52. The molecule has 1 atom stereocenters. The number of hydrogen-bond donors (Lipinski definition) is 1. The molecule has 2 aliphatic rings. The van der Waals surface area contributed by atoms with Gasteiger partial charge >= 0.3 is 0 Å². The Hall–Kier alpha value is -1.92. The molecule has 2 amide bonds. The molecule has 0 bridgehead atoms. The lowest BCUT2D eigenvalue weighted by molar-refractivity contribution is -0.139. The summed E-state index contributed by atoms with van der Waals surface area (Å²) in [6.07, 6.45) is 8.02. The van der Waals surface area contributed by atoms with E-state index in [0.717, 1.165) is 6.54 Å². The molecule has 0 radical (unpaired) electrons. The highest BCUT2D eigenvalue weighted by Crippen LogP contribution is 2.27. The number of aromatic nitrogens is 2. The number of nitrogens with zero attached hydrogens (tertiary/aromatic N) is 3. The Morgan fingerprint density at radius 2 is 1.96 bits per heavy atom. The molecule has 1 saturated heterocycles. The van der Waals surface area contributed by atoms with Gasteiger partial charge < -0.3 is 14.6 Å². The predicted octanol–water partition coefficient (Wildman–Crippen LogP) is 2.07. The minimum Gasteiger partial charge on any atom is -0.423 e. The molecule has 138 valence electrons. The van der Waals surface area contributed by atoms with E-state index in [1.54, 1.807) is 0 Å². The van der Waals surface area contributed by atoms with Gasteiger partial charge in [0.2, 0.25) is 23.6 Å². The van der Waals surface area contributed by atoms with E-state index in [9.17, 15) is 9.59 Å². The van der Waals surface area contributed by atoms with Crippen LogP contribution in [0.1, 0.15) is 63.7 Å². The topological polar surface area (TPSA) is 88.3 Å². The van der Waals surface area contributed by atoms with E-state index in [2.05, 4.69) is 15.5 Å². The van der Waals surface area contributed by atoms with Crippen molar-refractivity contribution in [2.24, 2.45) is 11.8 Å². The van der Waals surface area contributed by atoms with Crippen molar-refractivity contribution in [2.75, 3.05) is 13.1 Å². The van der Waals surface area contributed by atoms with Crippen LogP contribution in [-0.4, -0.2) is 40.0 Å². The van der Waals surface area contributed by atoms with Gasteiger partial charge in [0.1, 0.15) is 0 Å². The molecule has 1 aliphatic heterocycles. The average molecular weight is 348 g/mol. The fraction of sp³-hybridized carbons (Fsp3) is 0.778. The van der Waals surface area contributed by atoms with Crippen molar-refractivity contribution >= 4 is 11.8 Å². The Morgan fingerprint density at radius 3 is 2.68 bits per heavy atom. The normalized spacial score (nSPS) is 22.2. The van der Waals surface area contributed by atoms with Crippen LogP contribution in [0.2, 0.25) is 0 Å². The second-order valence-electron chi connectivity index (χ2n) is 7.20. The minimum absolute atomic E-state index is 0.0302. The SMILES string of the molecule is CCc1nnc(CNC(=O)[C@@H]2CCC(=O)N(CC3CCCCC3)C2)o1. The van der Waals surface area contributed by atoms with E-state index >= 15 is 0 Å². The monoisotopic (exact) mass is 348 g/mol. The molecule has 2 heterocycles. The molecular formula is C18H28N4O3. The summed E-state index contributed by atoms with van der Waals surface area (Å²) in [5.41, 5.74) is 0. The Morgan fingerprint density at radius 1 is 1.20 bits per heavy atom. The Labute approximate surface area is 148 Å². The number of likely N-dealkylation sites (tertiary alicyclic amines) is 1. The van der Waals surface area contributed by atoms with Gasteiger partial charge in [0.25, 0.3) is 0 Å². The van der Waals surface area contributed by atoms with Gasteiger partial charge in [-0.05, 0) is 25.2 Å². The van der Waals surface area contributed by atoms with E-state index < -0.39 is 0 Å². The third kappa shape index (κ3) is 4.80. The van der Waals surface area contributed by atoms with E-state index in [1.165, 1.54) is 32.1 Å². The van der Waals surface area contributed by atoms with Crippen molar-refractivity contribution in [3.05, 3.63) is 11.8 Å². The first-order valence-corrected chi connectivity index (χ1v) is 9.52. The van der Waals surface area contributed by atoms with Gasteiger partial charge in [-0.2, -0.15) is 0 Å². The highest BCUT2D eigenvalue weighted by atomic mass is 16.4. The number of amides is 2. The van der Waals surface area contributed by atoms with Gasteiger partial charge in [-0.15, -0.1) is 10.2 Å². The summed E-state index contributed by atoms with van der Waals surface area (Å²) in [6.45, 7) is 3.53. The van der Waals surface area contributed by atoms with Crippen LogP contribution in [0.5, 0.6) is 0 Å². The Bertz CT molecular complexity index is 595. The number of aryl methyl sites for hydroxylation is 1. The summed E-state index contributed by atoms with van der Waals surface area (Å²) in [5, 5.41) is 10.7. The molecule has 25 heavy (non-hydrogen) atoms. The van der Waals surface area contributed by atoms with Crippen molar-refractivity contribution < 1.29 is 14.0 Å². The molecule has 1 saturated carbocycles. The molecule has 0 spiro atoms. The van der Waals surface area contributed by atoms with E-state index in [1.807, 2.05) is 11.8 Å². The number of nitrogens with one attached hydrogen (secondary N) is 1. The lowest BCUT2D eigenvalue weighted by Crippen LogP contribution is -2.47. The van der Waals surface area contributed by atoms with Crippen molar-refractivity contribution in [1.29, 1.82) is 0 Å². The maximum Gasteiger partial charge on any atom is 0.235 e. The van der Waals surface area contributed by atoms with Crippen molar-refractivity contribution in [3.8, 4) is 0 Å². The van der Waals surface area contributed by atoms with E-state index in [0.29, 0.717) is 43.5 Å². The molecule has 0 aromatic carbocycles. The van der Waals surface area contributed by atoms with Crippen molar-refractivity contribution in [2.45, 2.75) is 64.8 Å². The van der Waals surface area contributed by atoms with Gasteiger partial charge in [-0.25, -0.2) is 0 Å². The largest absolute Gasteiger partial charge is 0.423 e. The minimum atomic E-state index is -0.144. The van der Waals surface area contributed by atoms with Gasteiger partial charge in [0, 0.05) is 25.9 Å². The summed E-state index contributed by atoms with van der Waals surface area (Å²) >= 11 is 0. The maximum atomic E-state index is 12.5. The predicted molar refractivity (Wildman–Crippen MR) is 91.4 cm³/mol. The summed E-state index contributed by atoms with van der Waals surface area (Å²) in [7, 11) is 0. The van der Waals surface area contributed by atoms with Crippen LogP contribution in [0.4, 0.5) is 0 Å². The third-order valence-corrected chi connectivity index (χ3v) is 5.30. The molecule has 1 aromatic heterocycles. The number of carbonyl (C=O) groups is 2. The Balaban J connectivity index is 1.49. The molecule has 2 fully saturated rings. The van der Waals surface area contributed by atoms with Crippen LogP contribution in [0.3, 0.4) is 0 Å². The molecule has 7 heteroatoms. The zero-order valence-electron chi connectivity index (χ0n) is 15.0. The van der Waals surface area contributed by atoms with E-state index in [4.69, 9.17) is 4.42 Å². The second kappa shape index (κ2) is 8.45. The van der Waals surface area contributed by atoms with Crippen molar-refractivity contribution in [1.82, 2.24) is 20.4 Å². The van der Waals surface area contributed by atoms with Crippen LogP contribution in [0.15, 0.2) is 4.42 Å². The highest BCUT2D eigenvalue weighted by molar-refractivity contribution is 5.83. The summed E-state index contributed by atoms with van der Waals surface area (Å²) in [5.74, 6) is 1.62. The molecule has 3 rings (SSSR count). The molecule has 7 nitrogen and oxygen atoms in total. The highest BCUT2D eigenvalue weighted by Gasteiger charge is 2.31. The van der Waals surface area contributed by atoms with Crippen LogP contribution in [0.25, 0.3) is 0 Å². The third-order valence-electron chi connectivity index (χ3n) is 5.30. The number of hydrogen-bond acceptors (Lipinski definition) is 5. The number of carbonyl (C=O) groups excluding carboxylic acids is 2. The van der Waals surface area contributed by atoms with Gasteiger partial charge in [0.15, 0.2) is 0 Å². The van der Waals surface area contributed by atoms with Gasteiger partial charge in [0.05, 0.1) is 12.5 Å². The zero-order valence-corrected chi connectivity index (χ0v) is 15.0. The van der Waals surface area contributed by atoms with Crippen molar-refractivity contribution in [3.63, 3.8) is 0 Å². The average Bonchev–Trinajstić information content (AvgIpc) is 3.10. The Kier molecular flexibility index (Phi) is 6.04. The number of piperidine rings is 1. The van der Waals surface area contributed by atoms with Crippen LogP contribution < -0.4 is 5.32 Å². The molecular weight excluding hydrogens is 320 g/mol. The molecule has 1 aliphatic carbocycles.